The molecule has 1 aromatic heterocycles. The Bertz CT molecular complexity index is 1410. The number of Topliss-reactive ketones (excluding diaryl/α,β-unsaturated/α-hetero) is 1. The summed E-state index contributed by atoms with van der Waals surface area (Å²) in [7, 11) is 0. The lowest BCUT2D eigenvalue weighted by molar-refractivity contribution is -0.117. The highest BCUT2D eigenvalue weighted by Gasteiger charge is 2.45. The summed E-state index contributed by atoms with van der Waals surface area (Å²) in [5, 5.41) is 11.8. The lowest BCUT2D eigenvalue weighted by atomic mass is 9.93. The summed E-state index contributed by atoms with van der Waals surface area (Å²) < 4.78 is 5.82. The molecule has 1 amide bonds. The SMILES string of the molecule is CCCCc1ccc(N2C(=O)C(O)=C(C(=O)c3cc4ccccc4o3)C2c2ccc(CC)cc2)cc1. The number of unbranched alkanes of at least 4 members (excludes halogenated alkanes) is 1. The van der Waals surface area contributed by atoms with E-state index in [0.29, 0.717) is 11.3 Å². The number of benzene rings is 3. The normalized spacial score (nSPS) is 15.8. The zero-order valence-electron chi connectivity index (χ0n) is 20.5. The molecule has 0 saturated carbocycles. The first-order valence-corrected chi connectivity index (χ1v) is 12.5. The predicted molar refractivity (Wildman–Crippen MR) is 141 cm³/mol. The lowest BCUT2D eigenvalue weighted by Crippen LogP contribution is -2.31. The van der Waals surface area contributed by atoms with Crippen LogP contribution in [0.15, 0.2) is 94.6 Å². The molecule has 1 aliphatic heterocycles. The maximum absolute atomic E-state index is 13.7. The fourth-order valence-corrected chi connectivity index (χ4v) is 4.79. The van der Waals surface area contributed by atoms with Crippen LogP contribution in [0.1, 0.15) is 60.0 Å². The van der Waals surface area contributed by atoms with Crippen molar-refractivity contribution in [2.75, 3.05) is 4.90 Å². The number of hydrogen-bond acceptors (Lipinski definition) is 4. The number of hydrogen-bond donors (Lipinski definition) is 1. The van der Waals surface area contributed by atoms with Crippen LogP contribution < -0.4 is 4.90 Å². The smallest absolute Gasteiger partial charge is 0.294 e. The van der Waals surface area contributed by atoms with Crippen LogP contribution in [0.3, 0.4) is 0 Å². The first-order valence-electron chi connectivity index (χ1n) is 12.5. The molecule has 0 bridgehead atoms. The number of aliphatic hydroxyl groups excluding tert-OH is 1. The Kier molecular flexibility index (Phi) is 6.47. The van der Waals surface area contributed by atoms with Crippen molar-refractivity contribution in [2.45, 2.75) is 45.6 Å². The summed E-state index contributed by atoms with van der Waals surface area (Å²) in [5.74, 6) is -1.54. The highest BCUT2D eigenvalue weighted by atomic mass is 16.3. The molecule has 3 aromatic carbocycles. The molecule has 2 heterocycles. The molecule has 1 N–H and O–H groups in total. The molecular weight excluding hydrogens is 450 g/mol. The van der Waals surface area contributed by atoms with Gasteiger partial charge in [0.25, 0.3) is 5.91 Å². The van der Waals surface area contributed by atoms with Gasteiger partial charge in [-0.3, -0.25) is 14.5 Å². The minimum absolute atomic E-state index is 0.0263. The summed E-state index contributed by atoms with van der Waals surface area (Å²) in [6.07, 6.45) is 4.03. The van der Waals surface area contributed by atoms with Crippen LogP contribution in [0, 0.1) is 0 Å². The second-order valence-corrected chi connectivity index (χ2v) is 9.18. The van der Waals surface area contributed by atoms with Crippen LogP contribution in [0.25, 0.3) is 11.0 Å². The van der Waals surface area contributed by atoms with Gasteiger partial charge in [0.1, 0.15) is 5.58 Å². The largest absolute Gasteiger partial charge is 0.503 e. The molecule has 5 rings (SSSR count). The standard InChI is InChI=1S/C31H29NO4/c1-3-5-8-21-13-17-24(18-14-21)32-28(22-15-11-20(4-2)12-16-22)27(30(34)31(32)35)29(33)26-19-23-9-6-7-10-25(23)36-26/h6-7,9-19,28,34H,3-5,8H2,1-2H3. The summed E-state index contributed by atoms with van der Waals surface area (Å²) in [5.41, 5.74) is 4.31. The summed E-state index contributed by atoms with van der Waals surface area (Å²) >= 11 is 0. The van der Waals surface area contributed by atoms with Crippen molar-refractivity contribution in [3.05, 3.63) is 113 Å². The van der Waals surface area contributed by atoms with Gasteiger partial charge in [-0.25, -0.2) is 0 Å². The van der Waals surface area contributed by atoms with Crippen molar-refractivity contribution >= 4 is 28.3 Å². The van der Waals surface area contributed by atoms with Crippen LogP contribution in [0.5, 0.6) is 0 Å². The molecule has 36 heavy (non-hydrogen) atoms. The van der Waals surface area contributed by atoms with E-state index < -0.39 is 23.5 Å². The maximum atomic E-state index is 13.7. The van der Waals surface area contributed by atoms with E-state index in [1.165, 1.54) is 10.5 Å². The number of amides is 1. The van der Waals surface area contributed by atoms with Gasteiger partial charge in [0.2, 0.25) is 5.78 Å². The second-order valence-electron chi connectivity index (χ2n) is 9.18. The van der Waals surface area contributed by atoms with Gasteiger partial charge in [-0.05, 0) is 60.2 Å². The number of ketones is 1. The Hall–Kier alpha value is -4.12. The number of fused-ring (bicyclic) bond motifs is 1. The van der Waals surface area contributed by atoms with Crippen LogP contribution in [0.4, 0.5) is 5.69 Å². The van der Waals surface area contributed by atoms with Gasteiger partial charge in [0, 0.05) is 11.1 Å². The fraction of sp³-hybridized carbons (Fsp3) is 0.226. The number of para-hydroxylation sites is 1. The topological polar surface area (TPSA) is 70.8 Å². The molecule has 4 aromatic rings. The van der Waals surface area contributed by atoms with E-state index in [1.54, 1.807) is 12.1 Å². The van der Waals surface area contributed by atoms with Crippen LogP contribution in [-0.2, 0) is 17.6 Å². The molecule has 5 nitrogen and oxygen atoms in total. The third-order valence-electron chi connectivity index (χ3n) is 6.84. The van der Waals surface area contributed by atoms with E-state index in [-0.39, 0.29) is 11.3 Å². The number of aliphatic hydroxyl groups is 1. The molecule has 0 radical (unpaired) electrons. The quantitative estimate of drug-likeness (QED) is 0.273. The molecule has 0 aliphatic carbocycles. The van der Waals surface area contributed by atoms with Crippen molar-refractivity contribution in [2.24, 2.45) is 0 Å². The fourth-order valence-electron chi connectivity index (χ4n) is 4.79. The molecule has 1 atom stereocenters. The Morgan fingerprint density at radius 1 is 0.944 bits per heavy atom. The molecular formula is C31H29NO4. The van der Waals surface area contributed by atoms with E-state index >= 15 is 0 Å². The van der Waals surface area contributed by atoms with Crippen molar-refractivity contribution < 1.29 is 19.1 Å². The Morgan fingerprint density at radius 3 is 2.31 bits per heavy atom. The van der Waals surface area contributed by atoms with E-state index in [0.717, 1.165) is 42.2 Å². The summed E-state index contributed by atoms with van der Waals surface area (Å²) in [6.45, 7) is 4.23. The van der Waals surface area contributed by atoms with E-state index in [9.17, 15) is 14.7 Å². The lowest BCUT2D eigenvalue weighted by Gasteiger charge is -2.27. The zero-order chi connectivity index (χ0) is 25.2. The second kappa shape index (κ2) is 9.86. The molecule has 0 spiro atoms. The number of rotatable bonds is 8. The van der Waals surface area contributed by atoms with Gasteiger partial charge in [0.05, 0.1) is 11.6 Å². The maximum Gasteiger partial charge on any atom is 0.294 e. The van der Waals surface area contributed by atoms with Gasteiger partial charge in [-0.1, -0.05) is 74.9 Å². The molecule has 1 aliphatic rings. The molecule has 1 unspecified atom stereocenters. The van der Waals surface area contributed by atoms with Crippen molar-refractivity contribution in [1.82, 2.24) is 0 Å². The number of aryl methyl sites for hydroxylation is 2. The third kappa shape index (κ3) is 4.22. The van der Waals surface area contributed by atoms with Gasteiger partial charge in [0.15, 0.2) is 11.5 Å². The molecule has 0 saturated heterocycles. The Morgan fingerprint density at radius 2 is 1.64 bits per heavy atom. The van der Waals surface area contributed by atoms with Crippen LogP contribution in [0.2, 0.25) is 0 Å². The molecule has 0 fully saturated rings. The first-order chi connectivity index (χ1) is 17.5. The summed E-state index contributed by atoms with van der Waals surface area (Å²) in [6, 6.07) is 23.8. The first kappa shape index (κ1) is 23.6. The van der Waals surface area contributed by atoms with E-state index in [1.807, 2.05) is 66.7 Å². The van der Waals surface area contributed by atoms with Crippen molar-refractivity contribution in [3.63, 3.8) is 0 Å². The number of carbonyl (C=O) groups is 2. The monoisotopic (exact) mass is 479 g/mol. The van der Waals surface area contributed by atoms with Crippen molar-refractivity contribution in [1.29, 1.82) is 0 Å². The van der Waals surface area contributed by atoms with E-state index in [4.69, 9.17) is 4.42 Å². The zero-order valence-corrected chi connectivity index (χ0v) is 20.5. The van der Waals surface area contributed by atoms with E-state index in [2.05, 4.69) is 13.8 Å². The molecule has 5 heteroatoms. The van der Waals surface area contributed by atoms with Crippen LogP contribution >= 0.6 is 0 Å². The predicted octanol–water partition coefficient (Wildman–Crippen LogP) is 7.12. The minimum Gasteiger partial charge on any atom is -0.503 e. The van der Waals surface area contributed by atoms with Crippen molar-refractivity contribution in [3.8, 4) is 0 Å². The Balaban J connectivity index is 1.59. The number of nitrogens with zero attached hydrogens (tertiary/aromatic N) is 1. The van der Waals surface area contributed by atoms with Gasteiger partial charge >= 0.3 is 0 Å². The highest BCUT2D eigenvalue weighted by molar-refractivity contribution is 6.20. The minimum atomic E-state index is -0.773. The average molecular weight is 480 g/mol. The number of anilines is 1. The number of carbonyl (C=O) groups excluding carboxylic acids is 2. The highest BCUT2D eigenvalue weighted by Crippen LogP contribution is 2.42. The molecule has 182 valence electrons. The Labute approximate surface area is 210 Å². The van der Waals surface area contributed by atoms with Crippen LogP contribution in [-0.4, -0.2) is 16.8 Å². The third-order valence-corrected chi connectivity index (χ3v) is 6.84. The summed E-state index contributed by atoms with van der Waals surface area (Å²) in [4.78, 5) is 28.7. The van der Waals surface area contributed by atoms with Gasteiger partial charge in [-0.2, -0.15) is 0 Å². The number of furan rings is 1. The van der Waals surface area contributed by atoms with Gasteiger partial charge < -0.3 is 9.52 Å². The average Bonchev–Trinajstić information content (AvgIpc) is 3.46. The van der Waals surface area contributed by atoms with Gasteiger partial charge in [-0.15, -0.1) is 0 Å².